The summed E-state index contributed by atoms with van der Waals surface area (Å²) in [6.45, 7) is 5.94. The Morgan fingerprint density at radius 1 is 1.32 bits per heavy atom. The first-order valence-electron chi connectivity index (χ1n) is 10.4. The fourth-order valence-electron chi connectivity index (χ4n) is 3.75. The van der Waals surface area contributed by atoms with Crippen LogP contribution in [0.2, 0.25) is 0 Å². The summed E-state index contributed by atoms with van der Waals surface area (Å²) in [5.41, 5.74) is 1.10. The third-order valence-corrected chi connectivity index (χ3v) is 5.53. The maximum atomic E-state index is 12.4. The Labute approximate surface area is 182 Å². The molecule has 31 heavy (non-hydrogen) atoms. The zero-order chi connectivity index (χ0) is 22.4. The molecule has 2 aromatic rings. The molecule has 2 aromatic heterocycles. The Balaban J connectivity index is 0.000000254. The molecular weight excluding hydrogens is 396 g/mol. The summed E-state index contributed by atoms with van der Waals surface area (Å²) in [4.78, 5) is 35.2. The van der Waals surface area contributed by atoms with Crippen LogP contribution in [0.3, 0.4) is 0 Å². The van der Waals surface area contributed by atoms with Crippen LogP contribution in [-0.2, 0) is 4.79 Å². The van der Waals surface area contributed by atoms with Crippen molar-refractivity contribution in [2.75, 3.05) is 41.9 Å². The summed E-state index contributed by atoms with van der Waals surface area (Å²) in [6, 6.07) is 9.58. The highest BCUT2D eigenvalue weighted by Gasteiger charge is 2.35. The number of carbonyl (C=O) groups is 2. The normalized spacial score (nSPS) is 16.7. The van der Waals surface area contributed by atoms with Crippen molar-refractivity contribution in [3.8, 4) is 0 Å². The lowest BCUT2D eigenvalue weighted by Gasteiger charge is -2.35. The van der Waals surface area contributed by atoms with E-state index in [0.717, 1.165) is 31.0 Å². The van der Waals surface area contributed by atoms with Crippen LogP contribution in [0.4, 0.5) is 17.3 Å². The fraction of sp³-hybridized carbons (Fsp3) is 0.455. The first-order chi connectivity index (χ1) is 14.8. The van der Waals surface area contributed by atoms with Crippen LogP contribution in [0, 0.1) is 0 Å². The minimum absolute atomic E-state index is 0.0459. The lowest BCUT2D eigenvalue weighted by atomic mass is 10.0. The quantitative estimate of drug-likeness (QED) is 0.603. The maximum Gasteiger partial charge on any atom is 0.270 e. The predicted octanol–water partition coefficient (Wildman–Crippen LogP) is 1.65. The number of aliphatic hydroxyl groups excluding tert-OH is 1. The largest absolute Gasteiger partial charge is 0.396 e. The highest BCUT2D eigenvalue weighted by Crippen LogP contribution is 2.37. The zero-order valence-corrected chi connectivity index (χ0v) is 18.2. The minimum atomic E-state index is -0.447. The molecule has 0 aromatic carbocycles. The maximum absolute atomic E-state index is 12.4. The fourth-order valence-corrected chi connectivity index (χ4v) is 3.75. The Kier molecular flexibility index (Phi) is 7.06. The van der Waals surface area contributed by atoms with E-state index in [9.17, 15) is 9.59 Å². The van der Waals surface area contributed by atoms with Gasteiger partial charge in [0.05, 0.1) is 5.69 Å². The second-order valence-electron chi connectivity index (χ2n) is 8.33. The minimum Gasteiger partial charge on any atom is -0.396 e. The van der Waals surface area contributed by atoms with E-state index in [-0.39, 0.29) is 12.5 Å². The van der Waals surface area contributed by atoms with Gasteiger partial charge in [0.25, 0.3) is 5.91 Å². The number of hydrogen-bond acceptors (Lipinski definition) is 7. The summed E-state index contributed by atoms with van der Waals surface area (Å²) in [5.74, 6) is 1.27. The molecule has 2 amide bonds. The molecule has 2 aliphatic rings. The van der Waals surface area contributed by atoms with Gasteiger partial charge in [0.15, 0.2) is 5.82 Å². The SMILES string of the molecule is CN1c2nc(C(=O)NC(C)(C)CCO)ccc2N2CCC1C2.O=CNc1ccccn1. The number of pyridine rings is 2. The van der Waals surface area contributed by atoms with Crippen LogP contribution in [0.1, 0.15) is 37.2 Å². The number of nitrogens with zero attached hydrogens (tertiary/aromatic N) is 4. The average molecular weight is 427 g/mol. The smallest absolute Gasteiger partial charge is 0.270 e. The molecule has 4 rings (SSSR count). The van der Waals surface area contributed by atoms with Crippen molar-refractivity contribution in [2.45, 2.75) is 38.3 Å². The number of aliphatic hydroxyl groups is 1. The number of carbonyl (C=O) groups excluding carboxylic acids is 2. The predicted molar refractivity (Wildman–Crippen MR) is 120 cm³/mol. The summed E-state index contributed by atoms with van der Waals surface area (Å²) in [7, 11) is 2.05. The first kappa shape index (κ1) is 22.5. The molecule has 2 aliphatic heterocycles. The van der Waals surface area contributed by atoms with Crippen LogP contribution in [-0.4, -0.2) is 65.7 Å². The summed E-state index contributed by atoms with van der Waals surface area (Å²) < 4.78 is 0. The zero-order valence-electron chi connectivity index (χ0n) is 18.2. The van der Waals surface area contributed by atoms with E-state index in [1.54, 1.807) is 30.5 Å². The highest BCUT2D eigenvalue weighted by molar-refractivity contribution is 5.94. The van der Waals surface area contributed by atoms with Crippen molar-refractivity contribution in [1.82, 2.24) is 15.3 Å². The highest BCUT2D eigenvalue weighted by atomic mass is 16.3. The second kappa shape index (κ2) is 9.74. The van der Waals surface area contributed by atoms with E-state index in [1.807, 2.05) is 19.9 Å². The molecule has 1 fully saturated rings. The second-order valence-corrected chi connectivity index (χ2v) is 8.33. The van der Waals surface area contributed by atoms with Crippen LogP contribution in [0.25, 0.3) is 0 Å². The van der Waals surface area contributed by atoms with E-state index in [2.05, 4.69) is 37.4 Å². The topological polar surface area (TPSA) is 111 Å². The molecule has 9 nitrogen and oxygen atoms in total. The average Bonchev–Trinajstić information content (AvgIpc) is 3.19. The molecule has 0 radical (unpaired) electrons. The van der Waals surface area contributed by atoms with E-state index >= 15 is 0 Å². The number of aromatic nitrogens is 2. The Morgan fingerprint density at radius 3 is 2.81 bits per heavy atom. The van der Waals surface area contributed by atoms with Gasteiger partial charge in [0.2, 0.25) is 6.41 Å². The number of amides is 2. The number of anilines is 3. The van der Waals surface area contributed by atoms with E-state index in [4.69, 9.17) is 5.11 Å². The van der Waals surface area contributed by atoms with Gasteiger partial charge >= 0.3 is 0 Å². The van der Waals surface area contributed by atoms with Crippen LogP contribution >= 0.6 is 0 Å². The Bertz CT molecular complexity index is 905. The molecule has 9 heteroatoms. The van der Waals surface area contributed by atoms with Crippen LogP contribution in [0.5, 0.6) is 0 Å². The van der Waals surface area contributed by atoms with Gasteiger partial charge in [-0.1, -0.05) is 6.07 Å². The molecule has 0 spiro atoms. The third kappa shape index (κ3) is 5.49. The number of hydrogen-bond donors (Lipinski definition) is 3. The molecule has 1 saturated heterocycles. The van der Waals surface area contributed by atoms with E-state index < -0.39 is 5.54 Å². The summed E-state index contributed by atoms with van der Waals surface area (Å²) in [5, 5.41) is 14.4. The number of nitrogens with one attached hydrogen (secondary N) is 2. The number of fused-ring (bicyclic) bond motifs is 4. The van der Waals surface area contributed by atoms with Gasteiger partial charge in [-0.3, -0.25) is 9.59 Å². The summed E-state index contributed by atoms with van der Waals surface area (Å²) in [6.07, 6.45) is 3.87. The monoisotopic (exact) mass is 426 g/mol. The molecule has 0 saturated carbocycles. The standard InChI is InChI=1S/C16H24N4O2.C6H6N2O/c1-16(2,7-9-21)18-15(22)12-4-5-13-14(17-12)19(3)11-6-8-20(13)10-11;9-5-8-6-3-1-2-4-7-6/h4-5,11,21H,6-10H2,1-3H3,(H,18,22);1-5H,(H,7,8,9). The third-order valence-electron chi connectivity index (χ3n) is 5.53. The molecule has 2 bridgehead atoms. The lowest BCUT2D eigenvalue weighted by Crippen LogP contribution is -2.45. The Hall–Kier alpha value is -3.20. The summed E-state index contributed by atoms with van der Waals surface area (Å²) >= 11 is 0. The Morgan fingerprint density at radius 2 is 2.13 bits per heavy atom. The van der Waals surface area contributed by atoms with Gasteiger partial charge in [-0.15, -0.1) is 0 Å². The lowest BCUT2D eigenvalue weighted by molar-refractivity contribution is -0.105. The molecule has 0 aliphatic carbocycles. The number of likely N-dealkylation sites (N-methyl/N-ethyl adjacent to an activating group) is 1. The first-order valence-corrected chi connectivity index (χ1v) is 10.4. The van der Waals surface area contributed by atoms with Gasteiger partial charge in [-0.25, -0.2) is 9.97 Å². The van der Waals surface area contributed by atoms with Crippen molar-refractivity contribution in [3.63, 3.8) is 0 Å². The molecule has 1 unspecified atom stereocenters. The number of rotatable bonds is 6. The van der Waals surface area contributed by atoms with Crippen molar-refractivity contribution in [3.05, 3.63) is 42.2 Å². The van der Waals surface area contributed by atoms with Gasteiger partial charge in [-0.2, -0.15) is 0 Å². The molecule has 4 heterocycles. The van der Waals surface area contributed by atoms with Gasteiger partial charge < -0.3 is 25.5 Å². The van der Waals surface area contributed by atoms with Crippen molar-refractivity contribution in [1.29, 1.82) is 0 Å². The molecular formula is C22H30N6O3. The molecule has 166 valence electrons. The van der Waals surface area contributed by atoms with Crippen molar-refractivity contribution >= 4 is 29.6 Å². The van der Waals surface area contributed by atoms with Gasteiger partial charge in [-0.05, 0) is 51.0 Å². The van der Waals surface area contributed by atoms with Crippen LogP contribution < -0.4 is 20.4 Å². The molecule has 3 N–H and O–H groups in total. The van der Waals surface area contributed by atoms with Gasteiger partial charge in [0.1, 0.15) is 11.5 Å². The van der Waals surface area contributed by atoms with E-state index in [0.29, 0.717) is 30.4 Å². The van der Waals surface area contributed by atoms with Crippen molar-refractivity contribution < 1.29 is 14.7 Å². The van der Waals surface area contributed by atoms with Gasteiger partial charge in [0, 0.05) is 44.5 Å². The molecule has 1 atom stereocenters. The van der Waals surface area contributed by atoms with Crippen molar-refractivity contribution in [2.24, 2.45) is 0 Å². The van der Waals surface area contributed by atoms with Crippen LogP contribution in [0.15, 0.2) is 36.5 Å². The van der Waals surface area contributed by atoms with E-state index in [1.165, 1.54) is 0 Å².